The van der Waals surface area contributed by atoms with Crippen molar-refractivity contribution in [2.45, 2.75) is 4.90 Å². The van der Waals surface area contributed by atoms with Gasteiger partial charge in [0.2, 0.25) is 0 Å². The molecule has 0 saturated carbocycles. The Labute approximate surface area is 128 Å². The summed E-state index contributed by atoms with van der Waals surface area (Å²) in [5.74, 6) is 0. The Bertz CT molecular complexity index is 811. The van der Waals surface area contributed by atoms with Crippen molar-refractivity contribution in [3.8, 4) is 6.07 Å². The first-order valence-electron chi connectivity index (χ1n) is 5.90. The third-order valence-corrected chi connectivity index (χ3v) is 5.22. The van der Waals surface area contributed by atoms with Gasteiger partial charge >= 0.3 is 0 Å². The maximum Gasteiger partial charge on any atom is 0.265 e. The Morgan fingerprint density at radius 1 is 1.19 bits per heavy atom. The number of nitrogens with two attached hydrogens (primary N) is 1. The van der Waals surface area contributed by atoms with Crippen molar-refractivity contribution in [2.75, 3.05) is 17.1 Å². The molecular weight excluding hydrogens is 310 g/mol. The van der Waals surface area contributed by atoms with Crippen molar-refractivity contribution < 1.29 is 8.42 Å². The van der Waals surface area contributed by atoms with Crippen LogP contribution in [0.15, 0.2) is 47.4 Å². The molecule has 0 bridgehead atoms. The van der Waals surface area contributed by atoms with E-state index in [9.17, 15) is 8.42 Å². The van der Waals surface area contributed by atoms with E-state index in [2.05, 4.69) is 0 Å². The molecule has 0 unspecified atom stereocenters. The average Bonchev–Trinajstić information content (AvgIpc) is 2.47. The van der Waals surface area contributed by atoms with Crippen LogP contribution in [0.3, 0.4) is 0 Å². The number of nitriles is 1. The van der Waals surface area contributed by atoms with Gasteiger partial charge in [0.1, 0.15) is 4.90 Å². The molecule has 0 fully saturated rings. The van der Waals surface area contributed by atoms with Gasteiger partial charge in [0.15, 0.2) is 0 Å². The van der Waals surface area contributed by atoms with E-state index in [1.54, 1.807) is 24.3 Å². The summed E-state index contributed by atoms with van der Waals surface area (Å²) in [5, 5.41) is 8.96. The van der Waals surface area contributed by atoms with E-state index in [0.717, 1.165) is 4.31 Å². The fourth-order valence-electron chi connectivity index (χ4n) is 1.74. The highest BCUT2D eigenvalue weighted by Gasteiger charge is 2.24. The minimum absolute atomic E-state index is 0.0660. The van der Waals surface area contributed by atoms with E-state index < -0.39 is 10.0 Å². The molecule has 0 aliphatic carbocycles. The van der Waals surface area contributed by atoms with Gasteiger partial charge in [-0.25, -0.2) is 8.42 Å². The predicted molar refractivity (Wildman–Crippen MR) is 82.6 cm³/mol. The van der Waals surface area contributed by atoms with Gasteiger partial charge in [-0.3, -0.25) is 4.31 Å². The molecule has 2 N–H and O–H groups in total. The van der Waals surface area contributed by atoms with Crippen LogP contribution >= 0.6 is 11.6 Å². The average molecular weight is 322 g/mol. The second-order valence-corrected chi connectivity index (χ2v) is 6.67. The van der Waals surface area contributed by atoms with Crippen LogP contribution in [0.5, 0.6) is 0 Å². The standard InChI is InChI=1S/C14H12ClN3O2S/c1-18(12-5-3-11(17)4-6-12)21(19,20)14-8-10(9-16)2-7-13(14)15/h2-8H,17H2,1H3. The number of benzene rings is 2. The molecule has 7 heteroatoms. The lowest BCUT2D eigenvalue weighted by Gasteiger charge is -2.20. The first-order valence-corrected chi connectivity index (χ1v) is 7.72. The first kappa shape index (κ1) is 15.2. The van der Waals surface area contributed by atoms with Crippen molar-refractivity contribution >= 4 is 33.0 Å². The van der Waals surface area contributed by atoms with Gasteiger partial charge in [-0.15, -0.1) is 0 Å². The molecule has 2 rings (SSSR count). The summed E-state index contributed by atoms with van der Waals surface area (Å²) >= 11 is 5.96. The molecule has 0 radical (unpaired) electrons. The maximum absolute atomic E-state index is 12.6. The van der Waals surface area contributed by atoms with Crippen LogP contribution in [0.25, 0.3) is 0 Å². The minimum atomic E-state index is -3.86. The molecule has 0 spiro atoms. The van der Waals surface area contributed by atoms with Crippen LogP contribution in [0.1, 0.15) is 5.56 Å². The summed E-state index contributed by atoms with van der Waals surface area (Å²) in [6, 6.07) is 12.4. The highest BCUT2D eigenvalue weighted by atomic mass is 35.5. The monoisotopic (exact) mass is 321 g/mol. The Balaban J connectivity index is 2.51. The molecule has 0 saturated heterocycles. The molecule has 2 aromatic carbocycles. The number of rotatable bonds is 3. The third kappa shape index (κ3) is 2.94. The molecule has 0 heterocycles. The Kier molecular flexibility index (Phi) is 4.07. The SMILES string of the molecule is CN(c1ccc(N)cc1)S(=O)(=O)c1cc(C#N)ccc1Cl. The summed E-state index contributed by atoms with van der Waals surface area (Å²) in [4.78, 5) is -0.109. The molecular formula is C14H12ClN3O2S. The highest BCUT2D eigenvalue weighted by Crippen LogP contribution is 2.28. The third-order valence-electron chi connectivity index (χ3n) is 2.96. The van der Waals surface area contributed by atoms with Gasteiger partial charge in [-0.05, 0) is 42.5 Å². The summed E-state index contributed by atoms with van der Waals surface area (Å²) in [7, 11) is -2.45. The van der Waals surface area contributed by atoms with Gasteiger partial charge < -0.3 is 5.73 Å². The fraction of sp³-hybridized carbons (Fsp3) is 0.0714. The predicted octanol–water partition coefficient (Wildman–Crippen LogP) is 2.62. The molecule has 0 aliphatic heterocycles. The van der Waals surface area contributed by atoms with Gasteiger partial charge in [0, 0.05) is 12.7 Å². The molecule has 0 amide bonds. The topological polar surface area (TPSA) is 87.2 Å². The normalized spacial score (nSPS) is 10.9. The molecule has 0 aromatic heterocycles. The number of halogens is 1. The van der Waals surface area contributed by atoms with E-state index in [0.29, 0.717) is 11.4 Å². The number of nitrogen functional groups attached to an aromatic ring is 1. The largest absolute Gasteiger partial charge is 0.399 e. The van der Waals surface area contributed by atoms with Crippen molar-refractivity contribution in [3.05, 3.63) is 53.1 Å². The van der Waals surface area contributed by atoms with Crippen molar-refractivity contribution in [1.29, 1.82) is 5.26 Å². The highest BCUT2D eigenvalue weighted by molar-refractivity contribution is 7.93. The fourth-order valence-corrected chi connectivity index (χ4v) is 3.44. The smallest absolute Gasteiger partial charge is 0.265 e. The van der Waals surface area contributed by atoms with Crippen molar-refractivity contribution in [2.24, 2.45) is 0 Å². The Morgan fingerprint density at radius 2 is 1.81 bits per heavy atom. The zero-order valence-electron chi connectivity index (χ0n) is 11.1. The Morgan fingerprint density at radius 3 is 2.38 bits per heavy atom. The molecule has 0 atom stereocenters. The lowest BCUT2D eigenvalue weighted by atomic mass is 10.2. The van der Waals surface area contributed by atoms with Crippen molar-refractivity contribution in [3.63, 3.8) is 0 Å². The summed E-state index contributed by atoms with van der Waals surface area (Å²) in [6.45, 7) is 0. The van der Waals surface area contributed by atoms with Crippen LogP contribution in [0, 0.1) is 11.3 Å². The van der Waals surface area contributed by atoms with Crippen LogP contribution in [0.4, 0.5) is 11.4 Å². The van der Waals surface area contributed by atoms with Gasteiger partial charge in [-0.2, -0.15) is 5.26 Å². The zero-order chi connectivity index (χ0) is 15.6. The number of anilines is 2. The van der Waals surface area contributed by atoms with E-state index in [-0.39, 0.29) is 15.5 Å². The second kappa shape index (κ2) is 5.64. The van der Waals surface area contributed by atoms with E-state index in [1.807, 2.05) is 6.07 Å². The molecule has 2 aromatic rings. The summed E-state index contributed by atoms with van der Waals surface area (Å²) in [5.41, 5.74) is 6.79. The molecule has 5 nitrogen and oxygen atoms in total. The lowest BCUT2D eigenvalue weighted by molar-refractivity contribution is 0.594. The minimum Gasteiger partial charge on any atom is -0.399 e. The van der Waals surface area contributed by atoms with Gasteiger partial charge in [-0.1, -0.05) is 11.6 Å². The quantitative estimate of drug-likeness (QED) is 0.880. The first-order chi connectivity index (χ1) is 9.86. The summed E-state index contributed by atoms with van der Waals surface area (Å²) in [6.07, 6.45) is 0. The van der Waals surface area contributed by atoms with Crippen LogP contribution in [0.2, 0.25) is 5.02 Å². The van der Waals surface area contributed by atoms with E-state index in [1.165, 1.54) is 25.2 Å². The summed E-state index contributed by atoms with van der Waals surface area (Å²) < 4.78 is 26.3. The van der Waals surface area contributed by atoms with Gasteiger partial charge in [0.25, 0.3) is 10.0 Å². The van der Waals surface area contributed by atoms with E-state index in [4.69, 9.17) is 22.6 Å². The molecule has 0 aliphatic rings. The zero-order valence-corrected chi connectivity index (χ0v) is 12.7. The maximum atomic E-state index is 12.6. The lowest BCUT2D eigenvalue weighted by Crippen LogP contribution is -2.26. The van der Waals surface area contributed by atoms with Gasteiger partial charge in [0.05, 0.1) is 22.3 Å². The van der Waals surface area contributed by atoms with Crippen LogP contribution in [-0.4, -0.2) is 15.5 Å². The number of hydrogen-bond donors (Lipinski definition) is 1. The number of sulfonamides is 1. The van der Waals surface area contributed by atoms with Crippen molar-refractivity contribution in [1.82, 2.24) is 0 Å². The number of hydrogen-bond acceptors (Lipinski definition) is 4. The molecule has 108 valence electrons. The second-order valence-electron chi connectivity index (χ2n) is 4.32. The van der Waals surface area contributed by atoms with Crippen LogP contribution in [-0.2, 0) is 10.0 Å². The molecule has 21 heavy (non-hydrogen) atoms. The Hall–Kier alpha value is -2.23. The van der Waals surface area contributed by atoms with E-state index >= 15 is 0 Å². The van der Waals surface area contributed by atoms with Crippen LogP contribution < -0.4 is 10.0 Å². The number of nitrogens with zero attached hydrogens (tertiary/aromatic N) is 2.